The predicted octanol–water partition coefficient (Wildman–Crippen LogP) is 10.1. The van der Waals surface area contributed by atoms with E-state index in [1.165, 1.54) is 22.7 Å². The Morgan fingerprint density at radius 2 is 1.07 bits per heavy atom. The number of methoxy groups -OCH3 is 2. The van der Waals surface area contributed by atoms with Gasteiger partial charge in [-0.3, -0.25) is 0 Å². The van der Waals surface area contributed by atoms with Gasteiger partial charge in [0.1, 0.15) is 22.3 Å². The summed E-state index contributed by atoms with van der Waals surface area (Å²) in [6.45, 7) is 7.05. The third kappa shape index (κ3) is 4.37. The van der Waals surface area contributed by atoms with Crippen molar-refractivity contribution >= 4 is 33.8 Å². The zero-order valence-electron chi connectivity index (χ0n) is 25.4. The van der Waals surface area contributed by atoms with Crippen molar-refractivity contribution in [2.75, 3.05) is 14.2 Å². The van der Waals surface area contributed by atoms with E-state index < -0.39 is 28.0 Å². The van der Waals surface area contributed by atoms with Crippen molar-refractivity contribution in [1.29, 1.82) is 10.5 Å². The molecule has 4 aromatic rings. The second-order valence-corrected chi connectivity index (χ2v) is 13.4. The lowest BCUT2D eigenvalue weighted by Crippen LogP contribution is -2.62. The first-order valence-electron chi connectivity index (χ1n) is 13.8. The standard InChI is InChI=1S/C35H31F3N2O2S2/c1-20-12-22(8-10-26(20)41-6)28-14-24(16-43-28)30-31(35(37,38)33(4,19-40)32(3,18-39)34(30,5)36)25-15-29(44-17-25)23-9-11-27(42-7)21(2)13-23/h8-17H,1-7H3. The average Bonchev–Trinajstić information content (AvgIpc) is 3.68. The van der Waals surface area contributed by atoms with Gasteiger partial charge in [-0.25, -0.2) is 4.39 Å². The van der Waals surface area contributed by atoms with E-state index in [9.17, 15) is 10.5 Å². The van der Waals surface area contributed by atoms with Crippen molar-refractivity contribution in [2.24, 2.45) is 10.8 Å². The molecule has 2 heterocycles. The van der Waals surface area contributed by atoms with Crippen molar-refractivity contribution in [1.82, 2.24) is 0 Å². The molecule has 1 aliphatic carbocycles. The lowest BCUT2D eigenvalue weighted by molar-refractivity contribution is -0.120. The normalized spacial score (nSPS) is 24.5. The maximum atomic E-state index is 17.5. The van der Waals surface area contributed by atoms with Crippen LogP contribution in [-0.2, 0) is 0 Å². The molecule has 0 N–H and O–H groups in total. The van der Waals surface area contributed by atoms with Gasteiger partial charge in [0, 0.05) is 20.9 Å². The van der Waals surface area contributed by atoms with Crippen LogP contribution in [0.25, 0.3) is 32.0 Å². The van der Waals surface area contributed by atoms with E-state index in [1.54, 1.807) is 43.2 Å². The van der Waals surface area contributed by atoms with Crippen LogP contribution in [0.1, 0.15) is 43.0 Å². The molecule has 44 heavy (non-hydrogen) atoms. The molecule has 226 valence electrons. The highest BCUT2D eigenvalue weighted by Gasteiger charge is 2.75. The Kier molecular flexibility index (Phi) is 7.73. The number of alkyl halides is 3. The molecule has 5 rings (SSSR count). The Bertz CT molecular complexity index is 1760. The zero-order chi connectivity index (χ0) is 32.2. The van der Waals surface area contributed by atoms with Crippen LogP contribution in [0.15, 0.2) is 59.3 Å². The highest BCUT2D eigenvalue weighted by Crippen LogP contribution is 2.68. The summed E-state index contributed by atoms with van der Waals surface area (Å²) in [6.07, 6.45) is 0. The first-order chi connectivity index (χ1) is 20.7. The van der Waals surface area contributed by atoms with Crippen molar-refractivity contribution in [3.05, 3.63) is 81.5 Å². The summed E-state index contributed by atoms with van der Waals surface area (Å²) in [7, 11) is 3.16. The third-order valence-corrected chi connectivity index (χ3v) is 11.1. The molecule has 0 spiro atoms. The van der Waals surface area contributed by atoms with E-state index >= 15 is 13.2 Å². The van der Waals surface area contributed by atoms with Gasteiger partial charge < -0.3 is 9.47 Å². The molecule has 0 amide bonds. The molecule has 4 nitrogen and oxygen atoms in total. The molecule has 1 aliphatic rings. The Morgan fingerprint density at radius 3 is 1.45 bits per heavy atom. The average molecular weight is 633 g/mol. The van der Waals surface area contributed by atoms with E-state index in [0.29, 0.717) is 16.4 Å². The largest absolute Gasteiger partial charge is 0.496 e. The molecule has 0 aliphatic heterocycles. The molecule has 3 atom stereocenters. The van der Waals surface area contributed by atoms with Crippen LogP contribution >= 0.6 is 22.7 Å². The predicted molar refractivity (Wildman–Crippen MR) is 171 cm³/mol. The molecule has 0 radical (unpaired) electrons. The number of allylic oxidation sites excluding steroid dienone is 2. The molecule has 0 bridgehead atoms. The fourth-order valence-corrected chi connectivity index (χ4v) is 7.91. The Hall–Kier alpha value is -4.05. The second-order valence-electron chi connectivity index (χ2n) is 11.6. The zero-order valence-corrected chi connectivity index (χ0v) is 27.1. The molecule has 0 saturated heterocycles. The summed E-state index contributed by atoms with van der Waals surface area (Å²) in [5, 5.41) is 23.7. The highest BCUT2D eigenvalue weighted by molar-refractivity contribution is 7.14. The topological polar surface area (TPSA) is 66.0 Å². The van der Waals surface area contributed by atoms with E-state index in [-0.39, 0.29) is 16.7 Å². The van der Waals surface area contributed by atoms with Gasteiger partial charge in [0.25, 0.3) is 5.92 Å². The minimum absolute atomic E-state index is 0.108. The number of hydrogen-bond acceptors (Lipinski definition) is 6. The molecule has 9 heteroatoms. The van der Waals surface area contributed by atoms with Crippen molar-refractivity contribution in [2.45, 2.75) is 46.2 Å². The minimum atomic E-state index is -3.89. The number of rotatable bonds is 6. The number of thiophene rings is 2. The van der Waals surface area contributed by atoms with Gasteiger partial charge in [0.05, 0.1) is 26.4 Å². The summed E-state index contributed by atoms with van der Waals surface area (Å²) < 4.78 is 62.2. The number of halogens is 3. The van der Waals surface area contributed by atoms with Gasteiger partial charge in [0.15, 0.2) is 5.67 Å². The van der Waals surface area contributed by atoms with Gasteiger partial charge in [-0.05, 0) is 127 Å². The quantitative estimate of drug-likeness (QED) is 0.212. The van der Waals surface area contributed by atoms with E-state index in [1.807, 2.05) is 56.3 Å². The fraction of sp³-hybridized carbons (Fsp3) is 0.314. The van der Waals surface area contributed by atoms with Crippen LogP contribution in [0.4, 0.5) is 13.2 Å². The summed E-state index contributed by atoms with van der Waals surface area (Å²) in [4.78, 5) is 1.43. The third-order valence-electron chi connectivity index (χ3n) is 9.18. The monoisotopic (exact) mass is 632 g/mol. The SMILES string of the molecule is COc1ccc(-c2cc(C3=C(c4csc(-c5ccc(OC)c(C)c5)c4)C(F)(F)C(C)(C#N)C(C)(C#N)C3(C)F)cs2)cc1C. The molecule has 2 aromatic heterocycles. The van der Waals surface area contributed by atoms with Gasteiger partial charge in [0.2, 0.25) is 0 Å². The van der Waals surface area contributed by atoms with Crippen molar-refractivity contribution in [3.63, 3.8) is 0 Å². The van der Waals surface area contributed by atoms with Gasteiger partial charge in [-0.2, -0.15) is 19.3 Å². The maximum Gasteiger partial charge on any atom is 0.293 e. The molecule has 3 unspecified atom stereocenters. The van der Waals surface area contributed by atoms with Crippen LogP contribution in [0.2, 0.25) is 0 Å². The van der Waals surface area contributed by atoms with Gasteiger partial charge in [-0.15, -0.1) is 22.7 Å². The molecular formula is C35H31F3N2O2S2. The first-order valence-corrected chi connectivity index (χ1v) is 15.6. The van der Waals surface area contributed by atoms with Crippen LogP contribution < -0.4 is 9.47 Å². The first kappa shape index (κ1) is 31.4. The molecular weight excluding hydrogens is 602 g/mol. The molecule has 0 saturated carbocycles. The minimum Gasteiger partial charge on any atom is -0.496 e. The molecule has 2 aromatic carbocycles. The Balaban J connectivity index is 1.79. The summed E-state index contributed by atoms with van der Waals surface area (Å²) in [5.74, 6) is -2.48. The second kappa shape index (κ2) is 10.8. The highest BCUT2D eigenvalue weighted by atomic mass is 32.1. The van der Waals surface area contributed by atoms with Gasteiger partial charge in [-0.1, -0.05) is 0 Å². The lowest BCUT2D eigenvalue weighted by atomic mass is 9.49. The van der Waals surface area contributed by atoms with E-state index in [4.69, 9.17) is 9.47 Å². The number of nitriles is 2. The summed E-state index contributed by atoms with van der Waals surface area (Å²) in [5.41, 5.74) is -4.83. The van der Waals surface area contributed by atoms with Crippen LogP contribution in [-0.4, -0.2) is 25.8 Å². The van der Waals surface area contributed by atoms with Crippen LogP contribution in [0.3, 0.4) is 0 Å². The maximum absolute atomic E-state index is 17.5. The van der Waals surface area contributed by atoms with Crippen LogP contribution in [0.5, 0.6) is 11.5 Å². The smallest absolute Gasteiger partial charge is 0.293 e. The Labute approximate surface area is 263 Å². The van der Waals surface area contributed by atoms with Gasteiger partial charge >= 0.3 is 0 Å². The number of aryl methyl sites for hydroxylation is 2. The number of hydrogen-bond donors (Lipinski definition) is 0. The molecule has 0 fully saturated rings. The number of nitrogens with zero attached hydrogens (tertiary/aromatic N) is 2. The van der Waals surface area contributed by atoms with Crippen LogP contribution in [0, 0.1) is 47.3 Å². The van der Waals surface area contributed by atoms with E-state index in [0.717, 1.165) is 47.9 Å². The number of benzene rings is 2. The van der Waals surface area contributed by atoms with Crippen molar-refractivity contribution in [3.8, 4) is 44.5 Å². The van der Waals surface area contributed by atoms with Crippen molar-refractivity contribution < 1.29 is 22.6 Å². The summed E-state index contributed by atoms with van der Waals surface area (Å²) in [6, 6.07) is 17.9. The fourth-order valence-electron chi connectivity index (χ4n) is 6.12. The van der Waals surface area contributed by atoms with E-state index in [2.05, 4.69) is 0 Å². The number of ether oxygens (including phenoxy) is 2. The lowest BCUT2D eigenvalue weighted by Gasteiger charge is -2.53. The Morgan fingerprint density at radius 1 is 0.636 bits per heavy atom. The summed E-state index contributed by atoms with van der Waals surface area (Å²) >= 11 is 2.54.